The Labute approximate surface area is 147 Å². The first kappa shape index (κ1) is 17.3. The van der Waals surface area contributed by atoms with Crippen molar-refractivity contribution < 1.29 is 9.26 Å². The van der Waals surface area contributed by atoms with Crippen LogP contribution in [0.5, 0.6) is 0 Å². The lowest BCUT2D eigenvalue weighted by Gasteiger charge is -2.35. The maximum atomic E-state index is 8.82. The van der Waals surface area contributed by atoms with Crippen LogP contribution in [0.3, 0.4) is 0 Å². The highest BCUT2D eigenvalue weighted by molar-refractivity contribution is 5.46. The minimum Gasteiger partial charge on any atom is -0.371 e. The van der Waals surface area contributed by atoms with Gasteiger partial charge in [0.1, 0.15) is 17.9 Å². The summed E-state index contributed by atoms with van der Waals surface area (Å²) in [7, 11) is 0. The van der Waals surface area contributed by atoms with Gasteiger partial charge < -0.3 is 14.2 Å². The molecule has 0 N–H and O–H groups in total. The van der Waals surface area contributed by atoms with Gasteiger partial charge in [-0.05, 0) is 26.0 Å². The Morgan fingerprint density at radius 3 is 2.76 bits per heavy atom. The molecule has 1 saturated heterocycles. The molecular weight excluding hydrogens is 320 g/mol. The van der Waals surface area contributed by atoms with Crippen LogP contribution >= 0.6 is 0 Å². The van der Waals surface area contributed by atoms with Gasteiger partial charge in [-0.15, -0.1) is 0 Å². The van der Waals surface area contributed by atoms with Gasteiger partial charge in [-0.3, -0.25) is 4.90 Å². The Morgan fingerprint density at radius 2 is 2.12 bits per heavy atom. The van der Waals surface area contributed by atoms with Gasteiger partial charge in [0.15, 0.2) is 5.82 Å². The van der Waals surface area contributed by atoms with E-state index < -0.39 is 0 Å². The lowest BCUT2D eigenvalue weighted by Crippen LogP contribution is -2.46. The average molecular weight is 342 g/mol. The molecule has 25 heavy (non-hydrogen) atoms. The molecule has 0 radical (unpaired) electrons. The fourth-order valence-corrected chi connectivity index (χ4v) is 2.82. The third-order valence-corrected chi connectivity index (χ3v) is 4.22. The first-order valence-electron chi connectivity index (χ1n) is 8.47. The fourth-order valence-electron chi connectivity index (χ4n) is 2.82. The molecule has 3 rings (SSSR count). The monoisotopic (exact) mass is 342 g/mol. The third kappa shape index (κ3) is 4.32. The predicted molar refractivity (Wildman–Crippen MR) is 90.8 cm³/mol. The number of hydrogen-bond acceptors (Lipinski definition) is 8. The highest BCUT2D eigenvalue weighted by Crippen LogP contribution is 2.17. The summed E-state index contributed by atoms with van der Waals surface area (Å²) in [5.41, 5.74) is 1.49. The van der Waals surface area contributed by atoms with Crippen molar-refractivity contribution in [3.05, 3.63) is 35.7 Å². The summed E-state index contributed by atoms with van der Waals surface area (Å²) in [5.74, 6) is 1.22. The standard InChI is InChI=1S/C17H22N6O2/c1-3-24-13(2)17-20-16(25-21-17)12-22-6-8-23(9-7-22)15-5-4-14(10-18)19-11-15/h4-5,11,13H,3,6-9,12H2,1-2H3/t13-/m1/s1. The molecule has 2 aromatic rings. The lowest BCUT2D eigenvalue weighted by atomic mass is 10.2. The number of ether oxygens (including phenoxy) is 1. The molecule has 1 aliphatic heterocycles. The van der Waals surface area contributed by atoms with Crippen LogP contribution in [-0.2, 0) is 11.3 Å². The van der Waals surface area contributed by atoms with E-state index in [0.29, 0.717) is 30.6 Å². The van der Waals surface area contributed by atoms with E-state index in [1.54, 1.807) is 12.3 Å². The molecule has 0 spiro atoms. The van der Waals surface area contributed by atoms with E-state index in [-0.39, 0.29) is 6.10 Å². The van der Waals surface area contributed by atoms with E-state index >= 15 is 0 Å². The molecule has 132 valence electrons. The van der Waals surface area contributed by atoms with Crippen LogP contribution in [0.2, 0.25) is 0 Å². The van der Waals surface area contributed by atoms with E-state index in [9.17, 15) is 0 Å². The van der Waals surface area contributed by atoms with Gasteiger partial charge in [0.05, 0.1) is 18.4 Å². The maximum Gasteiger partial charge on any atom is 0.240 e. The second kappa shape index (κ2) is 8.05. The van der Waals surface area contributed by atoms with E-state index in [2.05, 4.69) is 24.9 Å². The number of anilines is 1. The molecular formula is C17H22N6O2. The van der Waals surface area contributed by atoms with Gasteiger partial charge in [0.2, 0.25) is 5.89 Å². The normalized spacial score (nSPS) is 16.6. The summed E-state index contributed by atoms with van der Waals surface area (Å²) in [4.78, 5) is 13.1. The zero-order valence-corrected chi connectivity index (χ0v) is 14.6. The van der Waals surface area contributed by atoms with Crippen LogP contribution in [0.15, 0.2) is 22.9 Å². The molecule has 0 amide bonds. The third-order valence-electron chi connectivity index (χ3n) is 4.22. The Morgan fingerprint density at radius 1 is 1.32 bits per heavy atom. The smallest absolute Gasteiger partial charge is 0.240 e. The van der Waals surface area contributed by atoms with Crippen molar-refractivity contribution in [1.29, 1.82) is 5.26 Å². The fraction of sp³-hybridized carbons (Fsp3) is 0.529. The Hall–Kier alpha value is -2.50. The molecule has 1 atom stereocenters. The van der Waals surface area contributed by atoms with Gasteiger partial charge in [-0.2, -0.15) is 10.2 Å². The number of hydrogen-bond donors (Lipinski definition) is 0. The minimum atomic E-state index is -0.150. The number of aromatic nitrogens is 3. The van der Waals surface area contributed by atoms with E-state index in [1.165, 1.54) is 0 Å². The number of rotatable bonds is 6. The van der Waals surface area contributed by atoms with E-state index in [1.807, 2.05) is 26.0 Å². The zero-order chi connectivity index (χ0) is 17.6. The number of piperazine rings is 1. The van der Waals surface area contributed by atoms with E-state index in [4.69, 9.17) is 14.5 Å². The molecule has 1 aliphatic rings. The second-order valence-corrected chi connectivity index (χ2v) is 5.92. The van der Waals surface area contributed by atoms with Crippen molar-refractivity contribution >= 4 is 5.69 Å². The molecule has 3 heterocycles. The molecule has 0 saturated carbocycles. The van der Waals surface area contributed by atoms with Crippen LogP contribution in [0.1, 0.15) is 37.4 Å². The topological polar surface area (TPSA) is 91.3 Å². The Kier molecular flexibility index (Phi) is 5.58. The summed E-state index contributed by atoms with van der Waals surface area (Å²) < 4.78 is 10.8. The van der Waals surface area contributed by atoms with Gasteiger partial charge in [-0.25, -0.2) is 4.98 Å². The first-order valence-corrected chi connectivity index (χ1v) is 8.47. The second-order valence-electron chi connectivity index (χ2n) is 5.92. The van der Waals surface area contributed by atoms with Crippen molar-refractivity contribution in [3.63, 3.8) is 0 Å². The summed E-state index contributed by atoms with van der Waals surface area (Å²) >= 11 is 0. The number of pyridine rings is 1. The van der Waals surface area contributed by atoms with Crippen molar-refractivity contribution in [3.8, 4) is 6.07 Å². The van der Waals surface area contributed by atoms with Gasteiger partial charge in [-0.1, -0.05) is 5.16 Å². The van der Waals surface area contributed by atoms with Crippen LogP contribution in [0.4, 0.5) is 5.69 Å². The predicted octanol–water partition coefficient (Wildman–Crippen LogP) is 1.76. The maximum absolute atomic E-state index is 8.82. The summed E-state index contributed by atoms with van der Waals surface area (Å²) in [6, 6.07) is 5.74. The lowest BCUT2D eigenvalue weighted by molar-refractivity contribution is 0.0683. The van der Waals surface area contributed by atoms with Crippen molar-refractivity contribution in [2.75, 3.05) is 37.7 Å². The Bertz CT molecular complexity index is 715. The molecule has 2 aromatic heterocycles. The summed E-state index contributed by atoms with van der Waals surface area (Å²) in [6.07, 6.45) is 1.61. The van der Waals surface area contributed by atoms with Crippen LogP contribution in [0.25, 0.3) is 0 Å². The van der Waals surface area contributed by atoms with E-state index in [0.717, 1.165) is 31.9 Å². The largest absolute Gasteiger partial charge is 0.371 e. The summed E-state index contributed by atoms with van der Waals surface area (Å²) in [5, 5.41) is 12.8. The highest BCUT2D eigenvalue weighted by Gasteiger charge is 2.21. The van der Waals surface area contributed by atoms with Crippen LogP contribution < -0.4 is 4.90 Å². The Balaban J connectivity index is 1.51. The van der Waals surface area contributed by atoms with Gasteiger partial charge in [0.25, 0.3) is 0 Å². The van der Waals surface area contributed by atoms with Crippen molar-refractivity contribution in [2.45, 2.75) is 26.5 Å². The molecule has 0 aromatic carbocycles. The van der Waals surface area contributed by atoms with Crippen LogP contribution in [0, 0.1) is 11.3 Å². The van der Waals surface area contributed by atoms with Crippen molar-refractivity contribution in [1.82, 2.24) is 20.0 Å². The molecule has 0 unspecified atom stereocenters. The van der Waals surface area contributed by atoms with Gasteiger partial charge >= 0.3 is 0 Å². The van der Waals surface area contributed by atoms with Crippen LogP contribution in [-0.4, -0.2) is 52.8 Å². The minimum absolute atomic E-state index is 0.150. The SMILES string of the molecule is CCO[C@H](C)c1noc(CN2CCN(c3ccc(C#N)nc3)CC2)n1. The number of nitrogens with zero attached hydrogens (tertiary/aromatic N) is 6. The molecule has 1 fully saturated rings. The first-order chi connectivity index (χ1) is 12.2. The average Bonchev–Trinajstić information content (AvgIpc) is 3.11. The highest BCUT2D eigenvalue weighted by atomic mass is 16.5. The number of nitriles is 1. The molecule has 8 nitrogen and oxygen atoms in total. The van der Waals surface area contributed by atoms with Gasteiger partial charge in [0, 0.05) is 32.8 Å². The molecule has 0 bridgehead atoms. The van der Waals surface area contributed by atoms with Crippen molar-refractivity contribution in [2.24, 2.45) is 0 Å². The zero-order valence-electron chi connectivity index (χ0n) is 14.6. The molecule has 0 aliphatic carbocycles. The summed E-state index contributed by atoms with van der Waals surface area (Å²) in [6.45, 7) is 8.72. The molecule has 8 heteroatoms. The quantitative estimate of drug-likeness (QED) is 0.784.